The summed E-state index contributed by atoms with van der Waals surface area (Å²) >= 11 is 5.99. The fourth-order valence-corrected chi connectivity index (χ4v) is 2.01. The molecule has 0 spiro atoms. The molecule has 1 aliphatic heterocycles. The van der Waals surface area contributed by atoms with Crippen molar-refractivity contribution in [2.45, 2.75) is 13.0 Å². The van der Waals surface area contributed by atoms with E-state index in [0.29, 0.717) is 30.5 Å². The summed E-state index contributed by atoms with van der Waals surface area (Å²) in [6.45, 7) is 3.53. The van der Waals surface area contributed by atoms with Crippen LogP contribution in [-0.4, -0.2) is 41.6 Å². The van der Waals surface area contributed by atoms with Gasteiger partial charge < -0.3 is 15.1 Å². The van der Waals surface area contributed by atoms with Gasteiger partial charge in [-0.2, -0.15) is 0 Å². The number of amides is 1. The van der Waals surface area contributed by atoms with Crippen LogP contribution < -0.4 is 11.3 Å². The molecule has 1 atom stereocenters. The van der Waals surface area contributed by atoms with Crippen molar-refractivity contribution in [3.63, 3.8) is 0 Å². The molecule has 18 heavy (non-hydrogen) atoms. The van der Waals surface area contributed by atoms with E-state index in [1.54, 1.807) is 17.0 Å². The fraction of sp³-hybridized carbons (Fsp3) is 0.455. The molecule has 2 rings (SSSR count). The number of carbonyl (C=O) groups excluding carboxylic acids is 1. The van der Waals surface area contributed by atoms with Crippen LogP contribution in [0.1, 0.15) is 17.4 Å². The van der Waals surface area contributed by atoms with Gasteiger partial charge in [-0.3, -0.25) is 4.79 Å². The fourth-order valence-electron chi connectivity index (χ4n) is 1.83. The highest BCUT2D eigenvalue weighted by Crippen LogP contribution is 2.19. The van der Waals surface area contributed by atoms with Gasteiger partial charge >= 0.3 is 0 Å². The summed E-state index contributed by atoms with van der Waals surface area (Å²) in [4.78, 5) is 18.1. The molecule has 7 heteroatoms. The zero-order valence-corrected chi connectivity index (χ0v) is 10.8. The highest BCUT2D eigenvalue weighted by Gasteiger charge is 2.25. The number of morpholine rings is 1. The van der Waals surface area contributed by atoms with Crippen molar-refractivity contribution in [2.24, 2.45) is 5.84 Å². The number of nitrogens with one attached hydrogen (secondary N) is 1. The molecule has 3 N–H and O–H groups in total. The molecule has 1 aromatic heterocycles. The molecular formula is C11H15ClN4O2. The van der Waals surface area contributed by atoms with E-state index in [9.17, 15) is 4.79 Å². The van der Waals surface area contributed by atoms with Crippen LogP contribution in [0.4, 0.5) is 5.82 Å². The molecule has 0 saturated carbocycles. The molecule has 1 fully saturated rings. The molecule has 1 aliphatic rings. The molecule has 1 saturated heterocycles. The first-order valence-corrected chi connectivity index (χ1v) is 6.03. The summed E-state index contributed by atoms with van der Waals surface area (Å²) in [6, 6.07) is 3.21. The van der Waals surface area contributed by atoms with Gasteiger partial charge in [0.15, 0.2) is 0 Å². The number of anilines is 1. The molecule has 2 heterocycles. The van der Waals surface area contributed by atoms with Gasteiger partial charge in [0.2, 0.25) is 0 Å². The lowest BCUT2D eigenvalue weighted by atomic mass is 10.2. The maximum Gasteiger partial charge on any atom is 0.274 e. The van der Waals surface area contributed by atoms with Crippen LogP contribution in [0.15, 0.2) is 12.1 Å². The molecule has 6 nitrogen and oxygen atoms in total. The molecule has 1 amide bonds. The van der Waals surface area contributed by atoms with Crippen molar-refractivity contribution in [3.05, 3.63) is 22.8 Å². The lowest BCUT2D eigenvalue weighted by molar-refractivity contribution is -0.0126. The first kappa shape index (κ1) is 13.1. The van der Waals surface area contributed by atoms with Gasteiger partial charge in [-0.1, -0.05) is 11.6 Å². The molecule has 0 aliphatic carbocycles. The lowest BCUT2D eigenvalue weighted by Gasteiger charge is -2.31. The predicted molar refractivity (Wildman–Crippen MR) is 68.4 cm³/mol. The first-order chi connectivity index (χ1) is 8.61. The molecule has 1 aromatic rings. The summed E-state index contributed by atoms with van der Waals surface area (Å²) in [5, 5.41) is 0.318. The summed E-state index contributed by atoms with van der Waals surface area (Å²) in [5.74, 6) is 5.47. The Morgan fingerprint density at radius 1 is 1.67 bits per heavy atom. The Labute approximate surface area is 110 Å². The van der Waals surface area contributed by atoms with Crippen molar-refractivity contribution < 1.29 is 9.53 Å². The quantitative estimate of drug-likeness (QED) is 0.616. The van der Waals surface area contributed by atoms with Crippen LogP contribution in [0, 0.1) is 0 Å². The van der Waals surface area contributed by atoms with E-state index in [-0.39, 0.29) is 17.7 Å². The van der Waals surface area contributed by atoms with Crippen LogP contribution >= 0.6 is 11.6 Å². The molecule has 0 aromatic carbocycles. The number of rotatable bonds is 2. The highest BCUT2D eigenvalue weighted by molar-refractivity contribution is 6.33. The maximum atomic E-state index is 12.3. The van der Waals surface area contributed by atoms with Gasteiger partial charge in [-0.25, -0.2) is 10.8 Å². The van der Waals surface area contributed by atoms with E-state index in [1.165, 1.54) is 0 Å². The predicted octanol–water partition coefficient (Wildman–Crippen LogP) is 0.881. The summed E-state index contributed by atoms with van der Waals surface area (Å²) in [7, 11) is 0. The average molecular weight is 271 g/mol. The van der Waals surface area contributed by atoms with Crippen LogP contribution in [-0.2, 0) is 4.74 Å². The Bertz CT molecular complexity index is 455. The van der Waals surface area contributed by atoms with Crippen LogP contribution in [0.5, 0.6) is 0 Å². The Morgan fingerprint density at radius 3 is 3.11 bits per heavy atom. The molecule has 98 valence electrons. The minimum absolute atomic E-state index is 0.0253. The number of pyridine rings is 1. The number of hydrogen-bond donors (Lipinski definition) is 2. The normalized spacial score (nSPS) is 19.7. The Balaban J connectivity index is 2.22. The number of aromatic nitrogens is 1. The minimum atomic E-state index is -0.202. The Morgan fingerprint density at radius 2 is 2.44 bits per heavy atom. The van der Waals surface area contributed by atoms with Crippen molar-refractivity contribution in [1.29, 1.82) is 0 Å². The number of carbonyl (C=O) groups is 1. The third kappa shape index (κ3) is 2.72. The van der Waals surface area contributed by atoms with E-state index in [4.69, 9.17) is 22.2 Å². The topological polar surface area (TPSA) is 80.5 Å². The van der Waals surface area contributed by atoms with Crippen LogP contribution in [0.25, 0.3) is 0 Å². The van der Waals surface area contributed by atoms with E-state index >= 15 is 0 Å². The van der Waals surface area contributed by atoms with E-state index < -0.39 is 0 Å². The lowest BCUT2D eigenvalue weighted by Crippen LogP contribution is -2.44. The SMILES string of the molecule is CC1CN(C(=O)c2nc(NN)ccc2Cl)CCO1. The number of ether oxygens (including phenoxy) is 1. The largest absolute Gasteiger partial charge is 0.375 e. The van der Waals surface area contributed by atoms with E-state index in [1.807, 2.05) is 6.92 Å². The zero-order valence-electron chi connectivity index (χ0n) is 10.0. The second-order valence-electron chi connectivity index (χ2n) is 4.10. The van der Waals surface area contributed by atoms with Gasteiger partial charge in [0, 0.05) is 13.1 Å². The van der Waals surface area contributed by atoms with Gasteiger partial charge in [0.25, 0.3) is 5.91 Å². The first-order valence-electron chi connectivity index (χ1n) is 5.66. The molecule has 0 bridgehead atoms. The van der Waals surface area contributed by atoms with E-state index in [2.05, 4.69) is 10.4 Å². The average Bonchev–Trinajstić information content (AvgIpc) is 2.38. The number of nitrogens with zero attached hydrogens (tertiary/aromatic N) is 2. The summed E-state index contributed by atoms with van der Waals surface area (Å²) in [5.41, 5.74) is 2.61. The second-order valence-corrected chi connectivity index (χ2v) is 4.51. The minimum Gasteiger partial charge on any atom is -0.375 e. The van der Waals surface area contributed by atoms with Crippen molar-refractivity contribution in [1.82, 2.24) is 9.88 Å². The van der Waals surface area contributed by atoms with Gasteiger partial charge in [-0.15, -0.1) is 0 Å². The van der Waals surface area contributed by atoms with Crippen LogP contribution in [0.3, 0.4) is 0 Å². The summed E-state index contributed by atoms with van der Waals surface area (Å²) < 4.78 is 5.39. The number of halogens is 1. The number of hydrogen-bond acceptors (Lipinski definition) is 5. The van der Waals surface area contributed by atoms with Crippen molar-refractivity contribution >= 4 is 23.3 Å². The highest BCUT2D eigenvalue weighted by atomic mass is 35.5. The Kier molecular flexibility index (Phi) is 4.00. The van der Waals surface area contributed by atoms with Crippen LogP contribution in [0.2, 0.25) is 5.02 Å². The van der Waals surface area contributed by atoms with Crippen molar-refractivity contribution in [3.8, 4) is 0 Å². The standard InChI is InChI=1S/C11H15ClN4O2/c1-7-6-16(4-5-18-7)11(17)10-8(12)2-3-9(14-10)15-13/h2-3,7H,4-6,13H2,1H3,(H,14,15). The molecule has 0 radical (unpaired) electrons. The van der Waals surface area contributed by atoms with Crippen molar-refractivity contribution in [2.75, 3.05) is 25.1 Å². The number of hydrazine groups is 1. The second kappa shape index (κ2) is 5.51. The maximum absolute atomic E-state index is 12.3. The molecular weight excluding hydrogens is 256 g/mol. The smallest absolute Gasteiger partial charge is 0.274 e. The van der Waals surface area contributed by atoms with Gasteiger partial charge in [0.05, 0.1) is 17.7 Å². The van der Waals surface area contributed by atoms with Gasteiger partial charge in [-0.05, 0) is 19.1 Å². The van der Waals surface area contributed by atoms with E-state index in [0.717, 1.165) is 0 Å². The number of nitrogen functional groups attached to an aromatic ring is 1. The monoisotopic (exact) mass is 270 g/mol. The Hall–Kier alpha value is -1.37. The third-order valence-electron chi connectivity index (χ3n) is 2.72. The number of nitrogens with two attached hydrogens (primary N) is 1. The third-order valence-corrected chi connectivity index (χ3v) is 3.03. The zero-order chi connectivity index (χ0) is 13.1. The summed E-state index contributed by atoms with van der Waals surface area (Å²) in [6.07, 6.45) is 0.0253. The molecule has 1 unspecified atom stereocenters. The van der Waals surface area contributed by atoms with Gasteiger partial charge in [0.1, 0.15) is 11.5 Å².